The van der Waals surface area contributed by atoms with Crippen LogP contribution < -0.4 is 4.74 Å². The third-order valence-electron chi connectivity index (χ3n) is 3.39. The molecule has 0 spiro atoms. The van der Waals surface area contributed by atoms with E-state index in [9.17, 15) is 4.79 Å². The topological polar surface area (TPSA) is 35.5 Å². The fourth-order valence-electron chi connectivity index (χ4n) is 2.21. The van der Waals surface area contributed by atoms with Gasteiger partial charge in [0.25, 0.3) is 0 Å². The summed E-state index contributed by atoms with van der Waals surface area (Å²) >= 11 is 5.88. The van der Waals surface area contributed by atoms with Crippen molar-refractivity contribution in [3.05, 3.63) is 29.3 Å². The van der Waals surface area contributed by atoms with Crippen molar-refractivity contribution in [1.29, 1.82) is 0 Å². The Labute approximate surface area is 118 Å². The molecular weight excluding hydrogens is 264 g/mol. The van der Waals surface area contributed by atoms with Crippen LogP contribution in [0.3, 0.4) is 0 Å². The summed E-state index contributed by atoms with van der Waals surface area (Å²) in [6, 6.07) is 7.13. The van der Waals surface area contributed by atoms with Crippen LogP contribution in [0, 0.1) is 5.92 Å². The van der Waals surface area contributed by atoms with Gasteiger partial charge >= 0.3 is 0 Å². The number of ketones is 1. The molecule has 1 saturated heterocycles. The summed E-state index contributed by atoms with van der Waals surface area (Å²) in [4.78, 5) is 12.1. The second-order valence-corrected chi connectivity index (χ2v) is 5.38. The first-order valence-corrected chi connectivity index (χ1v) is 7.05. The molecule has 0 aromatic heterocycles. The fourth-order valence-corrected chi connectivity index (χ4v) is 2.39. The Morgan fingerprint density at radius 2 is 2.21 bits per heavy atom. The van der Waals surface area contributed by atoms with Crippen molar-refractivity contribution in [2.45, 2.75) is 32.3 Å². The van der Waals surface area contributed by atoms with Crippen molar-refractivity contribution in [1.82, 2.24) is 0 Å². The first-order chi connectivity index (χ1) is 9.15. The van der Waals surface area contributed by atoms with E-state index in [1.807, 2.05) is 12.1 Å². The molecule has 1 aliphatic heterocycles. The zero-order valence-electron chi connectivity index (χ0n) is 11.1. The second kappa shape index (κ2) is 6.92. The predicted octanol–water partition coefficient (Wildman–Crippen LogP) is 3.49. The Bertz CT molecular complexity index is 427. The van der Waals surface area contributed by atoms with Gasteiger partial charge < -0.3 is 9.47 Å². The Morgan fingerprint density at radius 3 is 2.89 bits per heavy atom. The van der Waals surface area contributed by atoms with Crippen molar-refractivity contribution in [2.24, 2.45) is 5.92 Å². The number of Topliss-reactive ketones (excluding diaryl/α,β-unsaturated/α-hetero) is 1. The van der Waals surface area contributed by atoms with E-state index in [4.69, 9.17) is 21.1 Å². The number of benzene rings is 1. The van der Waals surface area contributed by atoms with Crippen LogP contribution in [0.15, 0.2) is 24.3 Å². The van der Waals surface area contributed by atoms with Crippen LogP contribution in [-0.4, -0.2) is 25.1 Å². The lowest BCUT2D eigenvalue weighted by atomic mass is 9.93. The maximum absolute atomic E-state index is 12.1. The van der Waals surface area contributed by atoms with E-state index >= 15 is 0 Å². The average molecular weight is 283 g/mol. The van der Waals surface area contributed by atoms with E-state index in [1.54, 1.807) is 19.1 Å². The number of hydrogen-bond acceptors (Lipinski definition) is 3. The molecule has 0 saturated carbocycles. The number of hydrogen-bond donors (Lipinski definition) is 0. The maximum atomic E-state index is 12.1. The van der Waals surface area contributed by atoms with E-state index < -0.39 is 6.10 Å². The summed E-state index contributed by atoms with van der Waals surface area (Å²) < 4.78 is 10.9. The zero-order valence-corrected chi connectivity index (χ0v) is 11.9. The third-order valence-corrected chi connectivity index (χ3v) is 3.63. The molecule has 0 N–H and O–H groups in total. The SMILES string of the molecule is CC(Oc1cccc(Cl)c1)C(=O)CC1CCOCC1. The largest absolute Gasteiger partial charge is 0.483 e. The van der Waals surface area contributed by atoms with Crippen LogP contribution in [0.25, 0.3) is 0 Å². The Balaban J connectivity index is 1.84. The number of halogens is 1. The molecule has 4 heteroatoms. The van der Waals surface area contributed by atoms with E-state index in [0.717, 1.165) is 26.1 Å². The Hall–Kier alpha value is -1.06. The van der Waals surface area contributed by atoms with Gasteiger partial charge in [-0.1, -0.05) is 17.7 Å². The Kier molecular flexibility index (Phi) is 5.23. The summed E-state index contributed by atoms with van der Waals surface area (Å²) in [5.74, 6) is 1.22. The Morgan fingerprint density at radius 1 is 1.47 bits per heavy atom. The molecule has 0 amide bonds. The number of rotatable bonds is 5. The predicted molar refractivity (Wildman–Crippen MR) is 74.7 cm³/mol. The van der Waals surface area contributed by atoms with Gasteiger partial charge in [-0.2, -0.15) is 0 Å². The fraction of sp³-hybridized carbons (Fsp3) is 0.533. The third kappa shape index (κ3) is 4.51. The smallest absolute Gasteiger partial charge is 0.173 e. The van der Waals surface area contributed by atoms with E-state index in [0.29, 0.717) is 23.1 Å². The van der Waals surface area contributed by atoms with Crippen molar-refractivity contribution >= 4 is 17.4 Å². The van der Waals surface area contributed by atoms with Crippen LogP contribution in [-0.2, 0) is 9.53 Å². The summed E-state index contributed by atoms with van der Waals surface area (Å²) in [5.41, 5.74) is 0. The molecule has 0 radical (unpaired) electrons. The lowest BCUT2D eigenvalue weighted by Gasteiger charge is -2.23. The van der Waals surface area contributed by atoms with Gasteiger partial charge in [0.15, 0.2) is 11.9 Å². The standard InChI is InChI=1S/C15H19ClO3/c1-11(19-14-4-2-3-13(16)10-14)15(17)9-12-5-7-18-8-6-12/h2-4,10-12H,5-9H2,1H3. The molecule has 104 valence electrons. The van der Waals surface area contributed by atoms with Gasteiger partial charge in [-0.3, -0.25) is 4.79 Å². The first-order valence-electron chi connectivity index (χ1n) is 6.68. The summed E-state index contributed by atoms with van der Waals surface area (Å²) in [5, 5.41) is 0.613. The van der Waals surface area contributed by atoms with Crippen molar-refractivity contribution in [3.63, 3.8) is 0 Å². The highest BCUT2D eigenvalue weighted by molar-refractivity contribution is 6.30. The molecular formula is C15H19ClO3. The van der Waals surface area contributed by atoms with Crippen LogP contribution in [0.2, 0.25) is 5.02 Å². The molecule has 1 aromatic carbocycles. The highest BCUT2D eigenvalue weighted by atomic mass is 35.5. The van der Waals surface area contributed by atoms with Crippen molar-refractivity contribution in [3.8, 4) is 5.75 Å². The molecule has 19 heavy (non-hydrogen) atoms. The summed E-state index contributed by atoms with van der Waals surface area (Å²) in [7, 11) is 0. The van der Waals surface area contributed by atoms with Gasteiger partial charge in [-0.15, -0.1) is 0 Å². The summed E-state index contributed by atoms with van der Waals surface area (Å²) in [6.45, 7) is 3.32. The number of carbonyl (C=O) groups excluding carboxylic acids is 1. The number of ether oxygens (including phenoxy) is 2. The molecule has 1 fully saturated rings. The lowest BCUT2D eigenvalue weighted by Crippen LogP contribution is -2.28. The van der Waals surface area contributed by atoms with E-state index in [1.165, 1.54) is 0 Å². The van der Waals surface area contributed by atoms with Crippen LogP contribution in [0.1, 0.15) is 26.2 Å². The molecule has 1 unspecified atom stereocenters. The molecule has 0 bridgehead atoms. The van der Waals surface area contributed by atoms with E-state index in [-0.39, 0.29) is 5.78 Å². The van der Waals surface area contributed by atoms with Gasteiger partial charge in [0.2, 0.25) is 0 Å². The molecule has 1 atom stereocenters. The lowest BCUT2D eigenvalue weighted by molar-refractivity contribution is -0.126. The molecule has 2 rings (SSSR count). The van der Waals surface area contributed by atoms with Gasteiger partial charge in [0.1, 0.15) is 5.75 Å². The minimum Gasteiger partial charge on any atom is -0.483 e. The number of carbonyl (C=O) groups is 1. The van der Waals surface area contributed by atoms with Crippen LogP contribution in [0.4, 0.5) is 0 Å². The van der Waals surface area contributed by atoms with Crippen molar-refractivity contribution in [2.75, 3.05) is 13.2 Å². The normalized spacial score (nSPS) is 18.0. The van der Waals surface area contributed by atoms with Crippen molar-refractivity contribution < 1.29 is 14.3 Å². The van der Waals surface area contributed by atoms with Gasteiger partial charge in [-0.25, -0.2) is 0 Å². The van der Waals surface area contributed by atoms with Crippen LogP contribution in [0.5, 0.6) is 5.75 Å². The second-order valence-electron chi connectivity index (χ2n) is 4.94. The highest BCUT2D eigenvalue weighted by Crippen LogP contribution is 2.22. The summed E-state index contributed by atoms with van der Waals surface area (Å²) in [6.07, 6.45) is 2.08. The average Bonchev–Trinajstić information content (AvgIpc) is 2.40. The maximum Gasteiger partial charge on any atom is 0.173 e. The minimum absolute atomic E-state index is 0.145. The molecule has 3 nitrogen and oxygen atoms in total. The van der Waals surface area contributed by atoms with Crippen LogP contribution >= 0.6 is 11.6 Å². The van der Waals surface area contributed by atoms with E-state index in [2.05, 4.69) is 0 Å². The van der Waals surface area contributed by atoms with Gasteiger partial charge in [-0.05, 0) is 43.9 Å². The molecule has 1 aliphatic rings. The highest BCUT2D eigenvalue weighted by Gasteiger charge is 2.22. The monoisotopic (exact) mass is 282 g/mol. The van der Waals surface area contributed by atoms with Gasteiger partial charge in [0.05, 0.1) is 0 Å². The zero-order chi connectivity index (χ0) is 13.7. The quantitative estimate of drug-likeness (QED) is 0.829. The minimum atomic E-state index is -0.429. The first kappa shape index (κ1) is 14.4. The molecule has 1 heterocycles. The van der Waals surface area contributed by atoms with Gasteiger partial charge in [0, 0.05) is 24.7 Å². The molecule has 1 aromatic rings. The molecule has 0 aliphatic carbocycles.